The van der Waals surface area contributed by atoms with Crippen LogP contribution in [0.4, 0.5) is 5.69 Å². The van der Waals surface area contributed by atoms with Gasteiger partial charge in [-0.2, -0.15) is 5.10 Å². The van der Waals surface area contributed by atoms with Gasteiger partial charge >= 0.3 is 0 Å². The Morgan fingerprint density at radius 2 is 2.10 bits per heavy atom. The molecule has 2 rings (SSSR count). The summed E-state index contributed by atoms with van der Waals surface area (Å²) in [4.78, 5) is 4.31. The number of hydrogen-bond acceptors (Lipinski definition) is 5. The Labute approximate surface area is 124 Å². The maximum Gasteiger partial charge on any atom is 0.242 e. The summed E-state index contributed by atoms with van der Waals surface area (Å²) in [6.07, 6.45) is 3.06. The lowest BCUT2D eigenvalue weighted by atomic mass is 10.2. The van der Waals surface area contributed by atoms with E-state index in [2.05, 4.69) is 25.2 Å². The first kappa shape index (κ1) is 15.5. The molecule has 7 nitrogen and oxygen atoms in total. The molecule has 3 N–H and O–H groups in total. The van der Waals surface area contributed by atoms with Gasteiger partial charge in [-0.1, -0.05) is 19.1 Å². The molecule has 0 saturated heterocycles. The molecular formula is C13H19N5O2S. The lowest BCUT2D eigenvalue weighted by Gasteiger charge is -2.12. The van der Waals surface area contributed by atoms with Crippen molar-refractivity contribution in [3.05, 3.63) is 36.4 Å². The molecule has 0 atom stereocenters. The van der Waals surface area contributed by atoms with Crippen molar-refractivity contribution in [2.75, 3.05) is 18.4 Å². The van der Waals surface area contributed by atoms with E-state index in [9.17, 15) is 8.42 Å². The number of anilines is 1. The fourth-order valence-corrected chi connectivity index (χ4v) is 3.17. The zero-order chi connectivity index (χ0) is 15.1. The summed E-state index contributed by atoms with van der Waals surface area (Å²) in [6.45, 7) is 2.77. The number of benzene rings is 1. The van der Waals surface area contributed by atoms with Crippen molar-refractivity contribution in [3.63, 3.8) is 0 Å². The van der Waals surface area contributed by atoms with Gasteiger partial charge in [0.15, 0.2) is 0 Å². The number of sulfonamides is 1. The van der Waals surface area contributed by atoms with Gasteiger partial charge in [-0.05, 0) is 18.6 Å². The van der Waals surface area contributed by atoms with Crippen LogP contribution in [-0.2, 0) is 16.4 Å². The van der Waals surface area contributed by atoms with Crippen molar-refractivity contribution in [1.82, 2.24) is 19.9 Å². The van der Waals surface area contributed by atoms with Gasteiger partial charge in [0.05, 0.1) is 5.69 Å². The largest absolute Gasteiger partial charge is 0.384 e. The number of para-hydroxylation sites is 1. The van der Waals surface area contributed by atoms with Crippen LogP contribution >= 0.6 is 0 Å². The zero-order valence-electron chi connectivity index (χ0n) is 11.8. The first-order valence-electron chi connectivity index (χ1n) is 6.80. The topological polar surface area (TPSA) is 99.8 Å². The highest BCUT2D eigenvalue weighted by Crippen LogP contribution is 2.20. The van der Waals surface area contributed by atoms with Gasteiger partial charge in [-0.25, -0.2) is 18.1 Å². The summed E-state index contributed by atoms with van der Waals surface area (Å²) < 4.78 is 26.7. The van der Waals surface area contributed by atoms with Gasteiger partial charge < -0.3 is 5.32 Å². The van der Waals surface area contributed by atoms with E-state index in [1.807, 2.05) is 6.07 Å². The minimum Gasteiger partial charge on any atom is -0.384 e. The SMILES string of the molecule is CCNS(=O)(=O)c1ccccc1NCCCc1ncn[nH]1. The Bertz CT molecular complexity index is 655. The van der Waals surface area contributed by atoms with E-state index in [1.54, 1.807) is 25.1 Å². The molecule has 0 spiro atoms. The molecule has 2 aromatic rings. The molecule has 0 aliphatic rings. The van der Waals surface area contributed by atoms with E-state index in [4.69, 9.17) is 0 Å². The number of nitrogens with zero attached hydrogens (tertiary/aromatic N) is 2. The normalized spacial score (nSPS) is 11.5. The number of H-pyrrole nitrogens is 1. The van der Waals surface area contributed by atoms with E-state index < -0.39 is 10.0 Å². The van der Waals surface area contributed by atoms with Gasteiger partial charge in [-0.15, -0.1) is 0 Å². The van der Waals surface area contributed by atoms with Crippen molar-refractivity contribution in [3.8, 4) is 0 Å². The highest BCUT2D eigenvalue weighted by molar-refractivity contribution is 7.89. The highest BCUT2D eigenvalue weighted by Gasteiger charge is 2.16. The monoisotopic (exact) mass is 309 g/mol. The lowest BCUT2D eigenvalue weighted by Crippen LogP contribution is -2.24. The summed E-state index contributed by atoms with van der Waals surface area (Å²) in [6, 6.07) is 6.88. The van der Waals surface area contributed by atoms with Crippen LogP contribution in [0.25, 0.3) is 0 Å². The second-order valence-corrected chi connectivity index (χ2v) is 6.20. The van der Waals surface area contributed by atoms with Crippen LogP contribution in [0.15, 0.2) is 35.5 Å². The zero-order valence-corrected chi connectivity index (χ0v) is 12.7. The van der Waals surface area contributed by atoms with E-state index >= 15 is 0 Å². The average molecular weight is 309 g/mol. The first-order chi connectivity index (χ1) is 10.1. The third-order valence-electron chi connectivity index (χ3n) is 2.88. The minimum absolute atomic E-state index is 0.270. The highest BCUT2D eigenvalue weighted by atomic mass is 32.2. The molecule has 0 radical (unpaired) electrons. The Balaban J connectivity index is 1.97. The van der Waals surface area contributed by atoms with Crippen LogP contribution in [0.5, 0.6) is 0 Å². The van der Waals surface area contributed by atoms with Gasteiger partial charge in [0.1, 0.15) is 17.0 Å². The quantitative estimate of drug-likeness (QED) is 0.635. The Hall–Kier alpha value is -1.93. The van der Waals surface area contributed by atoms with Crippen molar-refractivity contribution in [1.29, 1.82) is 0 Å². The van der Waals surface area contributed by atoms with Crippen molar-refractivity contribution in [2.24, 2.45) is 0 Å². The number of rotatable bonds is 8. The minimum atomic E-state index is -3.46. The molecular weight excluding hydrogens is 290 g/mol. The Morgan fingerprint density at radius 1 is 1.29 bits per heavy atom. The number of aromatic nitrogens is 3. The Morgan fingerprint density at radius 3 is 2.81 bits per heavy atom. The molecule has 0 bridgehead atoms. The maximum absolute atomic E-state index is 12.1. The molecule has 0 aliphatic heterocycles. The third kappa shape index (κ3) is 4.27. The molecule has 1 aromatic heterocycles. The summed E-state index contributed by atoms with van der Waals surface area (Å²) in [7, 11) is -3.46. The van der Waals surface area contributed by atoms with Crippen LogP contribution in [-0.4, -0.2) is 36.7 Å². The summed E-state index contributed by atoms with van der Waals surface area (Å²) in [5.74, 6) is 0.824. The van der Waals surface area contributed by atoms with Crippen LogP contribution in [0, 0.1) is 0 Å². The Kier molecular flexibility index (Phi) is 5.29. The van der Waals surface area contributed by atoms with Crippen LogP contribution < -0.4 is 10.0 Å². The van der Waals surface area contributed by atoms with Crippen molar-refractivity contribution < 1.29 is 8.42 Å². The molecule has 8 heteroatoms. The molecule has 0 saturated carbocycles. The van der Waals surface area contributed by atoms with Crippen LogP contribution in [0.3, 0.4) is 0 Å². The molecule has 1 heterocycles. The van der Waals surface area contributed by atoms with Gasteiger partial charge in [0.25, 0.3) is 0 Å². The lowest BCUT2D eigenvalue weighted by molar-refractivity contribution is 0.584. The van der Waals surface area contributed by atoms with E-state index in [1.165, 1.54) is 6.33 Å². The number of hydrogen-bond donors (Lipinski definition) is 3. The first-order valence-corrected chi connectivity index (χ1v) is 8.28. The molecule has 114 valence electrons. The molecule has 21 heavy (non-hydrogen) atoms. The fourth-order valence-electron chi connectivity index (χ4n) is 1.94. The molecule has 0 unspecified atom stereocenters. The van der Waals surface area contributed by atoms with Crippen LogP contribution in [0.2, 0.25) is 0 Å². The predicted octanol–water partition coefficient (Wildman–Crippen LogP) is 1.15. The maximum atomic E-state index is 12.1. The van der Waals surface area contributed by atoms with E-state index in [0.717, 1.165) is 18.7 Å². The number of nitrogens with one attached hydrogen (secondary N) is 3. The van der Waals surface area contributed by atoms with Gasteiger partial charge in [0.2, 0.25) is 10.0 Å². The summed E-state index contributed by atoms with van der Waals surface area (Å²) >= 11 is 0. The van der Waals surface area contributed by atoms with Crippen molar-refractivity contribution in [2.45, 2.75) is 24.7 Å². The second kappa shape index (κ2) is 7.19. The van der Waals surface area contributed by atoms with E-state index in [-0.39, 0.29) is 4.90 Å². The number of aryl methyl sites for hydroxylation is 1. The molecule has 0 fully saturated rings. The van der Waals surface area contributed by atoms with E-state index in [0.29, 0.717) is 18.8 Å². The summed E-state index contributed by atoms with van der Waals surface area (Å²) in [5.41, 5.74) is 0.607. The second-order valence-electron chi connectivity index (χ2n) is 4.46. The standard InChI is InChI=1S/C13H19N5O2S/c1-2-17-21(19,20)12-7-4-3-6-11(12)14-9-5-8-13-15-10-16-18-13/h3-4,6-7,10,14,17H,2,5,8-9H2,1H3,(H,15,16,18). The van der Waals surface area contributed by atoms with Gasteiger partial charge in [0, 0.05) is 19.5 Å². The van der Waals surface area contributed by atoms with Gasteiger partial charge in [-0.3, -0.25) is 5.10 Å². The fraction of sp³-hybridized carbons (Fsp3) is 0.385. The predicted molar refractivity (Wildman–Crippen MR) is 80.5 cm³/mol. The summed E-state index contributed by atoms with van der Waals surface area (Å²) in [5, 5.41) is 9.73. The number of aromatic amines is 1. The average Bonchev–Trinajstić information content (AvgIpc) is 2.97. The van der Waals surface area contributed by atoms with Crippen LogP contribution in [0.1, 0.15) is 19.2 Å². The third-order valence-corrected chi connectivity index (χ3v) is 4.49. The molecule has 1 aromatic carbocycles. The molecule has 0 amide bonds. The smallest absolute Gasteiger partial charge is 0.242 e. The molecule has 0 aliphatic carbocycles. The van der Waals surface area contributed by atoms with Crippen molar-refractivity contribution >= 4 is 15.7 Å².